The Morgan fingerprint density at radius 3 is 2.67 bits per heavy atom. The van der Waals surface area contributed by atoms with Gasteiger partial charge < -0.3 is 5.32 Å². The minimum absolute atomic E-state index is 0.00388. The molecule has 3 rings (SSSR count). The maximum atomic E-state index is 12.4. The molecule has 142 valence electrons. The van der Waals surface area contributed by atoms with Gasteiger partial charge in [-0.05, 0) is 43.5 Å². The molecular formula is C21H25N3OS2. The Morgan fingerprint density at radius 2 is 1.96 bits per heavy atom. The van der Waals surface area contributed by atoms with Crippen molar-refractivity contribution in [3.05, 3.63) is 63.3 Å². The molecule has 0 bridgehead atoms. The van der Waals surface area contributed by atoms with Crippen molar-refractivity contribution in [2.45, 2.75) is 39.4 Å². The lowest BCUT2D eigenvalue weighted by atomic mass is 10.1. The predicted octanol–water partition coefficient (Wildman–Crippen LogP) is 4.57. The monoisotopic (exact) mass is 399 g/mol. The average Bonchev–Trinajstić information content (AvgIpc) is 3.32. The Morgan fingerprint density at radius 1 is 1.19 bits per heavy atom. The topological polar surface area (TPSA) is 45.2 Å². The molecule has 0 saturated heterocycles. The summed E-state index contributed by atoms with van der Waals surface area (Å²) in [6.45, 7) is 5.79. The summed E-state index contributed by atoms with van der Waals surface area (Å²) in [4.78, 5) is 19.2. The van der Waals surface area contributed by atoms with E-state index in [-0.39, 0.29) is 5.91 Å². The minimum Gasteiger partial charge on any atom is -0.352 e. The molecule has 0 atom stereocenters. The van der Waals surface area contributed by atoms with Crippen LogP contribution in [0.4, 0.5) is 0 Å². The summed E-state index contributed by atoms with van der Waals surface area (Å²) in [6, 6.07) is 10.8. The van der Waals surface area contributed by atoms with Crippen LogP contribution in [0.25, 0.3) is 10.6 Å². The van der Waals surface area contributed by atoms with Crippen molar-refractivity contribution >= 4 is 28.6 Å². The molecule has 0 aliphatic carbocycles. The molecule has 2 aromatic heterocycles. The second-order valence-electron chi connectivity index (χ2n) is 6.89. The summed E-state index contributed by atoms with van der Waals surface area (Å²) in [5.41, 5.74) is 4.37. The van der Waals surface area contributed by atoms with Crippen LogP contribution in [0.1, 0.15) is 30.7 Å². The standard InChI is InChI=1S/C21H25N3OS2/c1-15(2)24(3)12-17-7-5-4-6-16(17)11-22-20(25)10-19-14-27-21(23-19)18-8-9-26-13-18/h4-9,13-15H,10-12H2,1-3H3,(H,22,25). The number of hydrogen-bond acceptors (Lipinski definition) is 5. The van der Waals surface area contributed by atoms with Gasteiger partial charge in [-0.1, -0.05) is 24.3 Å². The molecule has 27 heavy (non-hydrogen) atoms. The van der Waals surface area contributed by atoms with Crippen molar-refractivity contribution in [3.8, 4) is 10.6 Å². The average molecular weight is 400 g/mol. The van der Waals surface area contributed by atoms with Gasteiger partial charge in [0.15, 0.2) is 0 Å². The van der Waals surface area contributed by atoms with Crippen LogP contribution >= 0.6 is 22.7 Å². The van der Waals surface area contributed by atoms with Gasteiger partial charge in [-0.25, -0.2) is 4.98 Å². The highest BCUT2D eigenvalue weighted by molar-refractivity contribution is 7.14. The molecule has 0 unspecified atom stereocenters. The Bertz CT molecular complexity index is 871. The van der Waals surface area contributed by atoms with E-state index < -0.39 is 0 Å². The predicted molar refractivity (Wildman–Crippen MR) is 114 cm³/mol. The largest absolute Gasteiger partial charge is 0.352 e. The van der Waals surface area contributed by atoms with Gasteiger partial charge in [0, 0.05) is 35.5 Å². The number of nitrogens with zero attached hydrogens (tertiary/aromatic N) is 2. The lowest BCUT2D eigenvalue weighted by molar-refractivity contribution is -0.120. The van der Waals surface area contributed by atoms with E-state index in [2.05, 4.69) is 65.7 Å². The molecule has 1 N–H and O–H groups in total. The van der Waals surface area contributed by atoms with Crippen LogP contribution in [-0.4, -0.2) is 28.9 Å². The molecule has 4 nitrogen and oxygen atoms in total. The second kappa shape index (κ2) is 9.26. The number of amides is 1. The molecule has 0 spiro atoms. The number of benzene rings is 1. The number of nitrogens with one attached hydrogen (secondary N) is 1. The van der Waals surface area contributed by atoms with Crippen LogP contribution < -0.4 is 5.32 Å². The normalized spacial score (nSPS) is 11.3. The first-order valence-corrected chi connectivity index (χ1v) is 10.9. The van der Waals surface area contributed by atoms with Crippen molar-refractivity contribution in [2.24, 2.45) is 0 Å². The fourth-order valence-corrected chi connectivity index (χ4v) is 4.20. The highest BCUT2D eigenvalue weighted by Crippen LogP contribution is 2.25. The van der Waals surface area contributed by atoms with E-state index in [1.807, 2.05) is 16.8 Å². The molecule has 1 amide bonds. The Hall–Kier alpha value is -2.02. The van der Waals surface area contributed by atoms with Crippen LogP contribution in [0.2, 0.25) is 0 Å². The third-order valence-electron chi connectivity index (χ3n) is 4.56. The quantitative estimate of drug-likeness (QED) is 0.603. The zero-order chi connectivity index (χ0) is 19.2. The number of carbonyl (C=O) groups is 1. The first-order chi connectivity index (χ1) is 13.0. The number of aromatic nitrogens is 1. The summed E-state index contributed by atoms with van der Waals surface area (Å²) in [6.07, 6.45) is 0.314. The maximum absolute atomic E-state index is 12.4. The summed E-state index contributed by atoms with van der Waals surface area (Å²) >= 11 is 3.24. The van der Waals surface area contributed by atoms with E-state index in [1.54, 1.807) is 22.7 Å². The maximum Gasteiger partial charge on any atom is 0.226 e. The number of carbonyl (C=O) groups excluding carboxylic acids is 1. The Balaban J connectivity index is 1.57. The van der Waals surface area contributed by atoms with Gasteiger partial charge in [0.2, 0.25) is 5.91 Å². The van der Waals surface area contributed by atoms with Gasteiger partial charge in [0.25, 0.3) is 0 Å². The van der Waals surface area contributed by atoms with Crippen molar-refractivity contribution < 1.29 is 4.79 Å². The Labute approximate surface area is 168 Å². The third kappa shape index (κ3) is 5.48. The van der Waals surface area contributed by atoms with Gasteiger partial charge in [-0.2, -0.15) is 11.3 Å². The van der Waals surface area contributed by atoms with Crippen LogP contribution in [0.15, 0.2) is 46.5 Å². The number of thiazole rings is 1. The smallest absolute Gasteiger partial charge is 0.226 e. The highest BCUT2D eigenvalue weighted by Gasteiger charge is 2.11. The van der Waals surface area contributed by atoms with Gasteiger partial charge >= 0.3 is 0 Å². The molecule has 0 saturated carbocycles. The van der Waals surface area contributed by atoms with E-state index >= 15 is 0 Å². The fourth-order valence-electron chi connectivity index (χ4n) is 2.66. The van der Waals surface area contributed by atoms with E-state index in [0.717, 1.165) is 28.4 Å². The lowest BCUT2D eigenvalue weighted by Gasteiger charge is -2.22. The van der Waals surface area contributed by atoms with Crippen molar-refractivity contribution in [2.75, 3.05) is 7.05 Å². The highest BCUT2D eigenvalue weighted by atomic mass is 32.1. The molecule has 0 radical (unpaired) electrons. The third-order valence-corrected chi connectivity index (χ3v) is 6.18. The van der Waals surface area contributed by atoms with Gasteiger partial charge in [0.05, 0.1) is 12.1 Å². The van der Waals surface area contributed by atoms with Crippen molar-refractivity contribution in [3.63, 3.8) is 0 Å². The molecule has 3 aromatic rings. The van der Waals surface area contributed by atoms with E-state index in [9.17, 15) is 4.79 Å². The van der Waals surface area contributed by atoms with E-state index in [0.29, 0.717) is 19.0 Å². The van der Waals surface area contributed by atoms with E-state index in [4.69, 9.17) is 0 Å². The van der Waals surface area contributed by atoms with Gasteiger partial charge in [0.1, 0.15) is 5.01 Å². The molecular weight excluding hydrogens is 374 g/mol. The SMILES string of the molecule is CC(C)N(C)Cc1ccccc1CNC(=O)Cc1csc(-c2ccsc2)n1. The molecule has 1 aromatic carbocycles. The summed E-state index contributed by atoms with van der Waals surface area (Å²) in [7, 11) is 2.12. The zero-order valence-corrected chi connectivity index (χ0v) is 17.6. The molecule has 0 aliphatic rings. The van der Waals surface area contributed by atoms with Crippen LogP contribution in [0.5, 0.6) is 0 Å². The number of hydrogen-bond donors (Lipinski definition) is 1. The van der Waals surface area contributed by atoms with Gasteiger partial charge in [-0.15, -0.1) is 11.3 Å². The lowest BCUT2D eigenvalue weighted by Crippen LogP contribution is -2.28. The second-order valence-corrected chi connectivity index (χ2v) is 8.53. The van der Waals surface area contributed by atoms with Crippen LogP contribution in [-0.2, 0) is 24.3 Å². The molecule has 2 heterocycles. The number of rotatable bonds is 8. The minimum atomic E-state index is 0.00388. The fraction of sp³-hybridized carbons (Fsp3) is 0.333. The van der Waals surface area contributed by atoms with Crippen LogP contribution in [0, 0.1) is 0 Å². The van der Waals surface area contributed by atoms with E-state index in [1.165, 1.54) is 5.56 Å². The zero-order valence-electron chi connectivity index (χ0n) is 15.9. The molecule has 6 heteroatoms. The summed E-state index contributed by atoms with van der Waals surface area (Å²) in [5.74, 6) is 0.00388. The van der Waals surface area contributed by atoms with Gasteiger partial charge in [-0.3, -0.25) is 9.69 Å². The first-order valence-electron chi connectivity index (χ1n) is 9.03. The summed E-state index contributed by atoms with van der Waals surface area (Å²) in [5, 5.41) is 10.1. The molecule has 0 aliphatic heterocycles. The molecule has 0 fully saturated rings. The van der Waals surface area contributed by atoms with Crippen molar-refractivity contribution in [1.29, 1.82) is 0 Å². The first kappa shape index (κ1) is 19.7. The van der Waals surface area contributed by atoms with Crippen molar-refractivity contribution in [1.82, 2.24) is 15.2 Å². The Kier molecular flexibility index (Phi) is 6.77. The summed E-state index contributed by atoms with van der Waals surface area (Å²) < 4.78 is 0. The number of thiophene rings is 1. The van der Waals surface area contributed by atoms with Crippen LogP contribution in [0.3, 0.4) is 0 Å².